The number of ether oxygens (including phenoxy) is 2. The first-order chi connectivity index (χ1) is 9.46. The summed E-state index contributed by atoms with van der Waals surface area (Å²) in [6.45, 7) is 6.91. The molecule has 2 fully saturated rings. The molecule has 2 rings (SSSR count). The summed E-state index contributed by atoms with van der Waals surface area (Å²) >= 11 is 0. The van der Waals surface area contributed by atoms with Gasteiger partial charge in [-0.2, -0.15) is 0 Å². The fourth-order valence-corrected chi connectivity index (χ4v) is 3.81. The normalized spacial score (nSPS) is 32.8. The van der Waals surface area contributed by atoms with E-state index in [2.05, 4.69) is 20.8 Å². The van der Waals surface area contributed by atoms with Crippen LogP contribution < -0.4 is 0 Å². The second kappa shape index (κ2) is 6.46. The minimum atomic E-state index is -0.220. The van der Waals surface area contributed by atoms with Gasteiger partial charge in [-0.3, -0.25) is 4.79 Å². The van der Waals surface area contributed by atoms with E-state index in [9.17, 15) is 4.79 Å². The molecule has 2 aliphatic rings. The first kappa shape index (κ1) is 15.8. The molecule has 116 valence electrons. The fourth-order valence-electron chi connectivity index (χ4n) is 3.81. The molecular formula is C17H30O3. The van der Waals surface area contributed by atoms with Crippen LogP contribution in [0.4, 0.5) is 0 Å². The summed E-state index contributed by atoms with van der Waals surface area (Å²) in [4.78, 5) is 11.6. The molecule has 0 spiro atoms. The van der Waals surface area contributed by atoms with Crippen molar-refractivity contribution < 1.29 is 14.3 Å². The Morgan fingerprint density at radius 3 is 2.50 bits per heavy atom. The number of esters is 1. The second-order valence-electron chi connectivity index (χ2n) is 7.27. The molecule has 0 radical (unpaired) electrons. The van der Waals surface area contributed by atoms with Crippen LogP contribution in [-0.4, -0.2) is 24.8 Å². The van der Waals surface area contributed by atoms with Crippen molar-refractivity contribution in [3.63, 3.8) is 0 Å². The lowest BCUT2D eigenvalue weighted by Gasteiger charge is -2.47. The van der Waals surface area contributed by atoms with Gasteiger partial charge in [0, 0.05) is 0 Å². The zero-order valence-electron chi connectivity index (χ0n) is 13.5. The highest BCUT2D eigenvalue weighted by molar-refractivity contribution is 5.70. The average molecular weight is 282 g/mol. The monoisotopic (exact) mass is 282 g/mol. The number of rotatable bonds is 5. The van der Waals surface area contributed by atoms with Gasteiger partial charge in [0.05, 0.1) is 25.2 Å². The number of carbonyl (C=O) groups is 1. The largest absolute Gasteiger partial charge is 0.469 e. The third-order valence-electron chi connectivity index (χ3n) is 5.32. The smallest absolute Gasteiger partial charge is 0.308 e. The van der Waals surface area contributed by atoms with Crippen LogP contribution in [0.15, 0.2) is 0 Å². The highest BCUT2D eigenvalue weighted by atomic mass is 16.5. The molecule has 0 saturated heterocycles. The van der Waals surface area contributed by atoms with Gasteiger partial charge in [-0.05, 0) is 49.9 Å². The molecule has 3 nitrogen and oxygen atoms in total. The van der Waals surface area contributed by atoms with Crippen molar-refractivity contribution in [2.75, 3.05) is 7.11 Å². The van der Waals surface area contributed by atoms with Crippen LogP contribution in [-0.2, 0) is 14.3 Å². The summed E-state index contributed by atoms with van der Waals surface area (Å²) in [6, 6.07) is 0. The lowest BCUT2D eigenvalue weighted by molar-refractivity contribution is -0.187. The zero-order chi connectivity index (χ0) is 14.8. The molecule has 20 heavy (non-hydrogen) atoms. The van der Waals surface area contributed by atoms with Crippen LogP contribution in [0, 0.1) is 17.8 Å². The lowest BCUT2D eigenvalue weighted by atomic mass is 9.73. The molecule has 0 amide bonds. The fraction of sp³-hybridized carbons (Fsp3) is 0.941. The Labute approximate surface area is 123 Å². The van der Waals surface area contributed by atoms with Crippen molar-refractivity contribution in [1.29, 1.82) is 0 Å². The summed E-state index contributed by atoms with van der Waals surface area (Å²) in [6.07, 6.45) is 7.67. The molecule has 2 saturated carbocycles. The van der Waals surface area contributed by atoms with E-state index in [1.807, 2.05) is 0 Å². The minimum absolute atomic E-state index is 0.130. The van der Waals surface area contributed by atoms with E-state index in [0.717, 1.165) is 25.2 Å². The van der Waals surface area contributed by atoms with Gasteiger partial charge in [-0.25, -0.2) is 0 Å². The molecule has 0 aliphatic heterocycles. The third-order valence-corrected chi connectivity index (χ3v) is 5.32. The van der Waals surface area contributed by atoms with E-state index < -0.39 is 0 Å². The first-order valence-electron chi connectivity index (χ1n) is 8.20. The SMILES string of the molecule is COC(=O)CC1(OC2CC(C)CCC2C(C)C)CCC1. The summed E-state index contributed by atoms with van der Waals surface area (Å²) in [7, 11) is 1.47. The van der Waals surface area contributed by atoms with Crippen LogP contribution in [0.25, 0.3) is 0 Å². The van der Waals surface area contributed by atoms with E-state index in [4.69, 9.17) is 9.47 Å². The maximum atomic E-state index is 11.6. The minimum Gasteiger partial charge on any atom is -0.469 e. The summed E-state index contributed by atoms with van der Waals surface area (Å²) in [5, 5.41) is 0. The molecule has 0 N–H and O–H groups in total. The van der Waals surface area contributed by atoms with Gasteiger partial charge >= 0.3 is 5.97 Å². The average Bonchev–Trinajstić information content (AvgIpc) is 2.35. The van der Waals surface area contributed by atoms with Crippen molar-refractivity contribution in [2.24, 2.45) is 17.8 Å². The van der Waals surface area contributed by atoms with Crippen molar-refractivity contribution in [1.82, 2.24) is 0 Å². The molecule has 3 unspecified atom stereocenters. The molecule has 2 aliphatic carbocycles. The Morgan fingerprint density at radius 2 is 2.00 bits per heavy atom. The Balaban J connectivity index is 2.02. The maximum absolute atomic E-state index is 11.6. The first-order valence-corrected chi connectivity index (χ1v) is 8.20. The van der Waals surface area contributed by atoms with Crippen molar-refractivity contribution in [3.8, 4) is 0 Å². The molecule has 0 aromatic heterocycles. The van der Waals surface area contributed by atoms with Crippen LogP contribution >= 0.6 is 0 Å². The van der Waals surface area contributed by atoms with Gasteiger partial charge in [-0.15, -0.1) is 0 Å². The van der Waals surface area contributed by atoms with Gasteiger partial charge in [0.25, 0.3) is 0 Å². The summed E-state index contributed by atoms with van der Waals surface area (Å²) in [5.74, 6) is 1.91. The van der Waals surface area contributed by atoms with E-state index in [0.29, 0.717) is 24.4 Å². The molecule has 0 aromatic carbocycles. The Kier molecular flexibility index (Phi) is 5.11. The Bertz CT molecular complexity index is 333. The topological polar surface area (TPSA) is 35.5 Å². The van der Waals surface area contributed by atoms with Gasteiger partial charge in [0.1, 0.15) is 0 Å². The Hall–Kier alpha value is -0.570. The molecule has 3 heteroatoms. The van der Waals surface area contributed by atoms with Crippen LogP contribution in [0.1, 0.15) is 65.7 Å². The second-order valence-corrected chi connectivity index (χ2v) is 7.27. The van der Waals surface area contributed by atoms with E-state index >= 15 is 0 Å². The predicted molar refractivity (Wildman–Crippen MR) is 79.4 cm³/mol. The highest BCUT2D eigenvalue weighted by Crippen LogP contribution is 2.44. The lowest BCUT2D eigenvalue weighted by Crippen LogP contribution is -2.48. The molecular weight excluding hydrogens is 252 g/mol. The molecule has 0 heterocycles. The van der Waals surface area contributed by atoms with Gasteiger partial charge in [0.15, 0.2) is 0 Å². The summed E-state index contributed by atoms with van der Waals surface area (Å²) < 4.78 is 11.4. The quantitative estimate of drug-likeness (QED) is 0.716. The van der Waals surface area contributed by atoms with Crippen LogP contribution in [0.3, 0.4) is 0 Å². The third kappa shape index (κ3) is 3.55. The van der Waals surface area contributed by atoms with Gasteiger partial charge in [0.2, 0.25) is 0 Å². The van der Waals surface area contributed by atoms with Crippen molar-refractivity contribution in [3.05, 3.63) is 0 Å². The van der Waals surface area contributed by atoms with Crippen molar-refractivity contribution >= 4 is 5.97 Å². The molecule has 0 bridgehead atoms. The maximum Gasteiger partial charge on any atom is 0.308 e. The van der Waals surface area contributed by atoms with Crippen molar-refractivity contribution in [2.45, 2.75) is 77.4 Å². The summed E-state index contributed by atoms with van der Waals surface area (Å²) in [5.41, 5.74) is -0.220. The van der Waals surface area contributed by atoms with Gasteiger partial charge in [-0.1, -0.05) is 27.2 Å². The van der Waals surface area contributed by atoms with Gasteiger partial charge < -0.3 is 9.47 Å². The highest BCUT2D eigenvalue weighted by Gasteiger charge is 2.45. The number of hydrogen-bond acceptors (Lipinski definition) is 3. The van der Waals surface area contributed by atoms with Crippen LogP contribution in [0.5, 0.6) is 0 Å². The van der Waals surface area contributed by atoms with E-state index in [-0.39, 0.29) is 11.6 Å². The Morgan fingerprint density at radius 1 is 1.30 bits per heavy atom. The number of methoxy groups -OCH3 is 1. The zero-order valence-corrected chi connectivity index (χ0v) is 13.5. The molecule has 0 aromatic rings. The number of hydrogen-bond donors (Lipinski definition) is 0. The van der Waals surface area contributed by atoms with E-state index in [1.165, 1.54) is 26.4 Å². The molecule has 3 atom stereocenters. The van der Waals surface area contributed by atoms with Crippen LogP contribution in [0.2, 0.25) is 0 Å². The number of carbonyl (C=O) groups excluding carboxylic acids is 1. The predicted octanol–water partition coefficient (Wildman–Crippen LogP) is 3.95. The standard InChI is InChI=1S/C17H30O3/c1-12(2)14-7-6-13(3)10-15(14)20-17(8-5-9-17)11-16(18)19-4/h12-15H,5-11H2,1-4H3. The van der Waals surface area contributed by atoms with E-state index in [1.54, 1.807) is 0 Å².